The second-order valence-electron chi connectivity index (χ2n) is 11.6. The number of aromatic nitrogens is 1. The minimum Gasteiger partial charge on any atom is -0.444 e. The van der Waals surface area contributed by atoms with Gasteiger partial charge in [-0.3, -0.25) is 10.2 Å². The Balaban J connectivity index is 1.25. The lowest BCUT2D eigenvalue weighted by Gasteiger charge is -2.40. The van der Waals surface area contributed by atoms with Gasteiger partial charge in [-0.05, 0) is 51.0 Å². The van der Waals surface area contributed by atoms with Crippen molar-refractivity contribution in [2.24, 2.45) is 5.92 Å². The van der Waals surface area contributed by atoms with Crippen molar-refractivity contribution >= 4 is 51.9 Å². The third-order valence-corrected chi connectivity index (χ3v) is 8.41. The average molecular weight is 615 g/mol. The normalized spacial score (nSPS) is 20.7. The minimum atomic E-state index is -4.56. The SMILES string of the molecule is CC(C)(C)OC(=O)N1CC(CNC(=O)N2CCC3(C2)CN(C(=O)Nc2ncc(Cl)s2)c2ccc(C(F)(F)F)cc23)C1. The molecule has 0 saturated carbocycles. The van der Waals surface area contributed by atoms with E-state index < -0.39 is 34.9 Å². The molecule has 3 aliphatic heterocycles. The second-order valence-corrected chi connectivity index (χ2v) is 13.3. The van der Waals surface area contributed by atoms with Gasteiger partial charge in [-0.25, -0.2) is 19.4 Å². The first-order valence-electron chi connectivity index (χ1n) is 13.1. The summed E-state index contributed by atoms with van der Waals surface area (Å²) in [6.45, 7) is 7.21. The smallest absolute Gasteiger partial charge is 0.416 e. The number of amides is 5. The van der Waals surface area contributed by atoms with Crippen LogP contribution >= 0.6 is 22.9 Å². The Morgan fingerprint density at radius 2 is 1.88 bits per heavy atom. The van der Waals surface area contributed by atoms with Crippen LogP contribution in [-0.4, -0.2) is 77.8 Å². The van der Waals surface area contributed by atoms with Crippen molar-refractivity contribution in [2.75, 3.05) is 49.5 Å². The first kappa shape index (κ1) is 29.2. The number of urea groups is 2. The van der Waals surface area contributed by atoms with Gasteiger partial charge in [0, 0.05) is 56.3 Å². The number of carbonyl (C=O) groups excluding carboxylic acids is 3. The van der Waals surface area contributed by atoms with Gasteiger partial charge in [0.1, 0.15) is 9.94 Å². The molecule has 5 amide bonds. The number of alkyl halides is 3. The standard InChI is InChI=1S/C26H30ClF3N6O4S/c1-24(2,3)40-23(39)35-11-15(12-35)9-32-21(37)34-7-6-25(13-34)14-36(22(38)33-20-31-10-19(27)41-20)18-5-4-16(8-17(18)25)26(28,29)30/h4-5,8,10,15H,6-7,9,11-14H2,1-3H3,(H,32,37)(H,31,33,38). The maximum absolute atomic E-state index is 13.6. The summed E-state index contributed by atoms with van der Waals surface area (Å²) in [5.41, 5.74) is -1.53. The van der Waals surface area contributed by atoms with E-state index in [2.05, 4.69) is 15.6 Å². The number of anilines is 2. The molecule has 1 spiro atoms. The van der Waals surface area contributed by atoms with E-state index in [9.17, 15) is 27.6 Å². The lowest BCUT2D eigenvalue weighted by atomic mass is 9.81. The highest BCUT2D eigenvalue weighted by Crippen LogP contribution is 2.48. The molecule has 15 heteroatoms. The van der Waals surface area contributed by atoms with Crippen molar-refractivity contribution in [1.82, 2.24) is 20.1 Å². The van der Waals surface area contributed by atoms with Crippen molar-refractivity contribution in [3.05, 3.63) is 39.9 Å². The summed E-state index contributed by atoms with van der Waals surface area (Å²) in [7, 11) is 0. The summed E-state index contributed by atoms with van der Waals surface area (Å²) < 4.78 is 46.6. The van der Waals surface area contributed by atoms with Crippen LogP contribution in [0.4, 0.5) is 38.4 Å². The van der Waals surface area contributed by atoms with E-state index in [1.807, 2.05) is 0 Å². The van der Waals surface area contributed by atoms with Gasteiger partial charge in [0.15, 0.2) is 5.13 Å². The highest BCUT2D eigenvalue weighted by molar-refractivity contribution is 7.19. The molecular weight excluding hydrogens is 585 g/mol. The van der Waals surface area contributed by atoms with Crippen LogP contribution in [0, 0.1) is 5.92 Å². The second kappa shape index (κ2) is 10.5. The van der Waals surface area contributed by atoms with E-state index >= 15 is 0 Å². The molecule has 1 aromatic heterocycles. The van der Waals surface area contributed by atoms with Gasteiger partial charge < -0.3 is 19.9 Å². The maximum Gasteiger partial charge on any atom is 0.416 e. The molecule has 3 aliphatic rings. The Kier molecular flexibility index (Phi) is 7.51. The van der Waals surface area contributed by atoms with Gasteiger partial charge in [0.05, 0.1) is 11.8 Å². The van der Waals surface area contributed by atoms with Gasteiger partial charge >= 0.3 is 24.3 Å². The van der Waals surface area contributed by atoms with Crippen LogP contribution in [-0.2, 0) is 16.3 Å². The summed E-state index contributed by atoms with van der Waals surface area (Å²) in [4.78, 5) is 46.9. The summed E-state index contributed by atoms with van der Waals surface area (Å²) in [5, 5.41) is 5.81. The molecule has 41 heavy (non-hydrogen) atoms. The molecule has 222 valence electrons. The number of halogens is 4. The Bertz CT molecular complexity index is 1360. The van der Waals surface area contributed by atoms with Crippen molar-refractivity contribution in [3.8, 4) is 0 Å². The number of nitrogens with zero attached hydrogens (tertiary/aromatic N) is 4. The van der Waals surface area contributed by atoms with E-state index in [0.29, 0.717) is 48.2 Å². The summed E-state index contributed by atoms with van der Waals surface area (Å²) in [6.07, 6.45) is -3.18. The monoisotopic (exact) mass is 614 g/mol. The zero-order chi connectivity index (χ0) is 29.7. The Hall–Kier alpha value is -3.26. The molecule has 2 saturated heterocycles. The van der Waals surface area contributed by atoms with Gasteiger partial charge in [-0.15, -0.1) is 0 Å². The van der Waals surface area contributed by atoms with Crippen molar-refractivity contribution in [3.63, 3.8) is 0 Å². The number of fused-ring (bicyclic) bond motifs is 2. The third kappa shape index (κ3) is 6.17. The quantitative estimate of drug-likeness (QED) is 0.482. The highest BCUT2D eigenvalue weighted by Gasteiger charge is 2.51. The lowest BCUT2D eigenvalue weighted by Crippen LogP contribution is -2.55. The van der Waals surface area contributed by atoms with Crippen molar-refractivity contribution < 1.29 is 32.3 Å². The number of likely N-dealkylation sites (tertiary alicyclic amines) is 2. The fraction of sp³-hybridized carbons (Fsp3) is 0.538. The Morgan fingerprint density at radius 3 is 2.51 bits per heavy atom. The molecule has 2 N–H and O–H groups in total. The topological polar surface area (TPSA) is 107 Å². The molecule has 10 nitrogen and oxygen atoms in total. The molecule has 2 aromatic rings. The molecule has 0 bridgehead atoms. The number of hydrogen-bond donors (Lipinski definition) is 2. The number of rotatable bonds is 3. The first-order chi connectivity index (χ1) is 19.1. The summed E-state index contributed by atoms with van der Waals surface area (Å²) >= 11 is 6.97. The molecular formula is C26H30ClF3N6O4S. The van der Waals surface area contributed by atoms with Crippen LogP contribution in [0.5, 0.6) is 0 Å². The molecule has 1 atom stereocenters. The van der Waals surface area contributed by atoms with Crippen LogP contribution in [0.1, 0.15) is 38.3 Å². The number of thiazole rings is 1. The average Bonchev–Trinajstić information content (AvgIpc) is 3.54. The fourth-order valence-corrected chi connectivity index (χ4v) is 6.21. The molecule has 1 aromatic carbocycles. The molecule has 4 heterocycles. The highest BCUT2D eigenvalue weighted by atomic mass is 35.5. The van der Waals surface area contributed by atoms with Crippen molar-refractivity contribution in [1.29, 1.82) is 0 Å². The molecule has 1 unspecified atom stereocenters. The summed E-state index contributed by atoms with van der Waals surface area (Å²) in [6, 6.07) is 2.46. The molecule has 0 radical (unpaired) electrons. The van der Waals surface area contributed by atoms with Gasteiger partial charge in [-0.1, -0.05) is 22.9 Å². The van der Waals surface area contributed by atoms with Gasteiger partial charge in [0.25, 0.3) is 0 Å². The van der Waals surface area contributed by atoms with Crippen molar-refractivity contribution in [2.45, 2.75) is 44.4 Å². The molecule has 0 aliphatic carbocycles. The maximum atomic E-state index is 13.6. The first-order valence-corrected chi connectivity index (χ1v) is 14.3. The zero-order valence-electron chi connectivity index (χ0n) is 22.7. The number of nitrogens with one attached hydrogen (secondary N) is 2. The fourth-order valence-electron chi connectivity index (χ4n) is 5.41. The number of benzene rings is 1. The molecule has 5 rings (SSSR count). The van der Waals surface area contributed by atoms with Crippen LogP contribution < -0.4 is 15.5 Å². The Labute approximate surface area is 243 Å². The zero-order valence-corrected chi connectivity index (χ0v) is 24.3. The molecule has 2 fully saturated rings. The number of ether oxygens (including phenoxy) is 1. The van der Waals surface area contributed by atoms with Crippen LogP contribution in [0.15, 0.2) is 24.4 Å². The summed E-state index contributed by atoms with van der Waals surface area (Å²) in [5.74, 6) is 0.0723. The lowest BCUT2D eigenvalue weighted by molar-refractivity contribution is -0.137. The van der Waals surface area contributed by atoms with E-state index in [1.165, 1.54) is 17.2 Å². The Morgan fingerprint density at radius 1 is 1.15 bits per heavy atom. The predicted molar refractivity (Wildman–Crippen MR) is 147 cm³/mol. The van der Waals surface area contributed by atoms with E-state index in [-0.39, 0.29) is 30.2 Å². The number of hydrogen-bond acceptors (Lipinski definition) is 6. The minimum absolute atomic E-state index is 0.0723. The predicted octanol–water partition coefficient (Wildman–Crippen LogP) is 5.39. The van der Waals surface area contributed by atoms with Gasteiger partial charge in [-0.2, -0.15) is 13.2 Å². The van der Waals surface area contributed by atoms with E-state index in [1.54, 1.807) is 30.6 Å². The van der Waals surface area contributed by atoms with E-state index in [0.717, 1.165) is 23.5 Å². The third-order valence-electron chi connectivity index (χ3n) is 7.38. The number of carbonyl (C=O) groups is 3. The van der Waals surface area contributed by atoms with E-state index in [4.69, 9.17) is 16.3 Å². The van der Waals surface area contributed by atoms with Gasteiger partial charge in [0.2, 0.25) is 0 Å². The van der Waals surface area contributed by atoms with Crippen LogP contribution in [0.2, 0.25) is 4.34 Å². The largest absolute Gasteiger partial charge is 0.444 e. The van der Waals surface area contributed by atoms with Crippen LogP contribution in [0.3, 0.4) is 0 Å². The van der Waals surface area contributed by atoms with Crippen LogP contribution in [0.25, 0.3) is 0 Å².